The maximum absolute atomic E-state index is 12.1. The minimum atomic E-state index is 0.0879. The summed E-state index contributed by atoms with van der Waals surface area (Å²) in [5.41, 5.74) is 1.11. The lowest BCUT2D eigenvalue weighted by Crippen LogP contribution is -2.51. The molecule has 2 heteroatoms. The van der Waals surface area contributed by atoms with Crippen LogP contribution in [0.5, 0.6) is 0 Å². The number of nitrogens with zero attached hydrogens (tertiary/aromatic N) is 1. The average Bonchev–Trinajstić information content (AvgIpc) is 2.89. The summed E-state index contributed by atoms with van der Waals surface area (Å²) in [6, 6.07) is 2.17. The Hall–Kier alpha value is -1.10. The molecule has 3 saturated carbocycles. The van der Waals surface area contributed by atoms with Gasteiger partial charge in [0.1, 0.15) is 6.07 Å². The molecular formula is C20H27NO. The summed E-state index contributed by atoms with van der Waals surface area (Å²) in [7, 11) is 0. The minimum Gasteiger partial charge on any atom is -0.293 e. The highest BCUT2D eigenvalue weighted by atomic mass is 16.1. The Morgan fingerprint density at radius 2 is 1.95 bits per heavy atom. The first-order valence-electron chi connectivity index (χ1n) is 9.14. The van der Waals surface area contributed by atoms with Gasteiger partial charge in [0.15, 0.2) is 5.78 Å². The van der Waals surface area contributed by atoms with Gasteiger partial charge in [-0.05, 0) is 73.0 Å². The quantitative estimate of drug-likeness (QED) is 0.652. The van der Waals surface area contributed by atoms with Gasteiger partial charge in [-0.15, -0.1) is 0 Å². The Balaban J connectivity index is 1.72. The van der Waals surface area contributed by atoms with Crippen LogP contribution < -0.4 is 0 Å². The molecule has 0 radical (unpaired) electrons. The van der Waals surface area contributed by atoms with Crippen LogP contribution in [0.2, 0.25) is 0 Å². The fraction of sp³-hybridized carbons (Fsp3) is 0.800. The standard InChI is InChI=1S/C20H27NO/c1-19-8-3-4-16(19)15-6-5-14-10-18(22)13(12-21)11-20(14,2)17(15)7-9-19/h11,14-17H,3-10H2,1-2H3/t14-,15-,16-,17-,19-,20-/m0/s1. The zero-order valence-electron chi connectivity index (χ0n) is 13.9. The van der Waals surface area contributed by atoms with Gasteiger partial charge in [-0.2, -0.15) is 5.26 Å². The van der Waals surface area contributed by atoms with Crippen LogP contribution in [-0.2, 0) is 4.79 Å². The third-order valence-corrected chi connectivity index (χ3v) is 8.05. The predicted molar refractivity (Wildman–Crippen MR) is 85.8 cm³/mol. The first-order valence-corrected chi connectivity index (χ1v) is 9.14. The Morgan fingerprint density at radius 3 is 2.73 bits per heavy atom. The Bertz CT molecular complexity index is 585. The Labute approximate surface area is 134 Å². The molecule has 0 aromatic carbocycles. The largest absolute Gasteiger partial charge is 0.293 e. The van der Waals surface area contributed by atoms with E-state index < -0.39 is 0 Å². The van der Waals surface area contributed by atoms with E-state index in [1.807, 2.05) is 0 Å². The molecule has 4 aliphatic carbocycles. The molecule has 4 aliphatic rings. The summed E-state index contributed by atoms with van der Waals surface area (Å²) in [4.78, 5) is 12.1. The van der Waals surface area contributed by atoms with E-state index in [0.29, 0.717) is 29.2 Å². The molecule has 0 amide bonds. The second-order valence-corrected chi connectivity index (χ2v) is 8.90. The van der Waals surface area contributed by atoms with Gasteiger partial charge in [0.2, 0.25) is 0 Å². The second kappa shape index (κ2) is 4.70. The van der Waals surface area contributed by atoms with Crippen molar-refractivity contribution in [1.29, 1.82) is 5.26 Å². The molecule has 0 N–H and O–H groups in total. The molecule has 0 bridgehead atoms. The zero-order chi connectivity index (χ0) is 15.5. The van der Waals surface area contributed by atoms with Crippen molar-refractivity contribution in [2.24, 2.45) is 34.5 Å². The molecule has 2 nitrogen and oxygen atoms in total. The third kappa shape index (κ3) is 1.81. The summed E-state index contributed by atoms with van der Waals surface area (Å²) in [6.07, 6.45) is 12.1. The van der Waals surface area contributed by atoms with Crippen LogP contribution in [0.25, 0.3) is 0 Å². The van der Waals surface area contributed by atoms with Crippen LogP contribution in [0.1, 0.15) is 65.2 Å². The molecule has 3 fully saturated rings. The van der Waals surface area contributed by atoms with Crippen molar-refractivity contribution in [3.63, 3.8) is 0 Å². The number of carbonyl (C=O) groups excluding carboxylic acids is 1. The van der Waals surface area contributed by atoms with Crippen LogP contribution >= 0.6 is 0 Å². The van der Waals surface area contributed by atoms with Crippen molar-refractivity contribution in [3.8, 4) is 6.07 Å². The van der Waals surface area contributed by atoms with Crippen LogP contribution in [0.15, 0.2) is 11.6 Å². The number of carbonyl (C=O) groups is 1. The lowest BCUT2D eigenvalue weighted by Gasteiger charge is -2.58. The molecule has 0 heterocycles. The average molecular weight is 297 g/mol. The number of nitriles is 1. The summed E-state index contributed by atoms with van der Waals surface area (Å²) in [6.45, 7) is 4.88. The van der Waals surface area contributed by atoms with E-state index in [9.17, 15) is 10.1 Å². The van der Waals surface area contributed by atoms with Crippen molar-refractivity contribution in [1.82, 2.24) is 0 Å². The molecule has 4 rings (SSSR count). The molecule has 0 aliphatic heterocycles. The highest BCUT2D eigenvalue weighted by molar-refractivity contribution is 6.00. The molecular weight excluding hydrogens is 270 g/mol. The normalized spacial score (nSPS) is 50.4. The highest BCUT2D eigenvalue weighted by Gasteiger charge is 2.57. The van der Waals surface area contributed by atoms with Gasteiger partial charge in [-0.1, -0.05) is 26.3 Å². The Morgan fingerprint density at radius 1 is 1.14 bits per heavy atom. The van der Waals surface area contributed by atoms with Crippen molar-refractivity contribution in [3.05, 3.63) is 11.6 Å². The summed E-state index contributed by atoms with van der Waals surface area (Å²) >= 11 is 0. The van der Waals surface area contributed by atoms with Crippen molar-refractivity contribution >= 4 is 5.78 Å². The van der Waals surface area contributed by atoms with Crippen molar-refractivity contribution in [2.45, 2.75) is 65.2 Å². The lowest BCUT2D eigenvalue weighted by molar-refractivity contribution is -0.122. The van der Waals surface area contributed by atoms with E-state index in [4.69, 9.17) is 0 Å². The van der Waals surface area contributed by atoms with E-state index in [1.165, 1.54) is 44.9 Å². The zero-order valence-corrected chi connectivity index (χ0v) is 13.9. The summed E-state index contributed by atoms with van der Waals surface area (Å²) in [5, 5.41) is 9.31. The van der Waals surface area contributed by atoms with E-state index in [-0.39, 0.29) is 11.2 Å². The van der Waals surface area contributed by atoms with Crippen LogP contribution in [-0.4, -0.2) is 5.78 Å². The first-order chi connectivity index (χ1) is 10.5. The van der Waals surface area contributed by atoms with Crippen LogP contribution in [0.3, 0.4) is 0 Å². The van der Waals surface area contributed by atoms with Gasteiger partial charge in [0.25, 0.3) is 0 Å². The molecule has 0 aromatic heterocycles. The highest BCUT2D eigenvalue weighted by Crippen LogP contribution is 2.65. The van der Waals surface area contributed by atoms with Crippen molar-refractivity contribution < 1.29 is 4.79 Å². The molecule has 0 spiro atoms. The monoisotopic (exact) mass is 297 g/mol. The number of hydrogen-bond donors (Lipinski definition) is 0. The number of ketones is 1. The maximum atomic E-state index is 12.1. The SMILES string of the molecule is C[C@@]12CCC[C@H]1[C@@H]1CC[C@H]3CC(=O)C(C#N)=C[C@]3(C)[C@H]1CC2. The minimum absolute atomic E-state index is 0.0879. The molecule has 0 saturated heterocycles. The first kappa shape index (κ1) is 14.5. The predicted octanol–water partition coefficient (Wildman–Crippen LogP) is 4.66. The summed E-state index contributed by atoms with van der Waals surface area (Å²) < 4.78 is 0. The van der Waals surface area contributed by atoms with E-state index in [2.05, 4.69) is 26.0 Å². The third-order valence-electron chi connectivity index (χ3n) is 8.05. The molecule has 0 unspecified atom stereocenters. The second-order valence-electron chi connectivity index (χ2n) is 8.90. The number of rotatable bonds is 0. The molecule has 6 atom stereocenters. The fourth-order valence-corrected chi connectivity index (χ4v) is 6.83. The smallest absolute Gasteiger partial charge is 0.173 e. The van der Waals surface area contributed by atoms with Crippen LogP contribution in [0, 0.1) is 45.8 Å². The van der Waals surface area contributed by atoms with Crippen LogP contribution in [0.4, 0.5) is 0 Å². The van der Waals surface area contributed by atoms with Gasteiger partial charge in [0.05, 0.1) is 5.57 Å². The van der Waals surface area contributed by atoms with E-state index >= 15 is 0 Å². The van der Waals surface area contributed by atoms with Gasteiger partial charge in [0, 0.05) is 6.42 Å². The molecule has 22 heavy (non-hydrogen) atoms. The van der Waals surface area contributed by atoms with Crippen molar-refractivity contribution in [2.75, 3.05) is 0 Å². The maximum Gasteiger partial charge on any atom is 0.173 e. The topological polar surface area (TPSA) is 40.9 Å². The van der Waals surface area contributed by atoms with E-state index in [1.54, 1.807) is 0 Å². The number of allylic oxidation sites excluding steroid dienone is 2. The van der Waals surface area contributed by atoms with E-state index in [0.717, 1.165) is 11.8 Å². The van der Waals surface area contributed by atoms with Gasteiger partial charge >= 0.3 is 0 Å². The fourth-order valence-electron chi connectivity index (χ4n) is 6.83. The lowest BCUT2D eigenvalue weighted by atomic mass is 9.46. The number of fused-ring (bicyclic) bond motifs is 5. The molecule has 118 valence electrons. The van der Waals surface area contributed by atoms with Gasteiger partial charge < -0.3 is 0 Å². The van der Waals surface area contributed by atoms with Gasteiger partial charge in [-0.3, -0.25) is 4.79 Å². The summed E-state index contributed by atoms with van der Waals surface area (Å²) in [5.74, 6) is 2.97. The Kier molecular flexibility index (Phi) is 3.09. The van der Waals surface area contributed by atoms with Gasteiger partial charge in [-0.25, -0.2) is 0 Å². The number of hydrogen-bond acceptors (Lipinski definition) is 2. The molecule has 0 aromatic rings. The number of Topliss-reactive ketones (excluding diaryl/α,β-unsaturated/α-hetero) is 1.